The third kappa shape index (κ3) is 2.96. The fraction of sp³-hybridized carbons (Fsp3) is 0. The predicted molar refractivity (Wildman–Crippen MR) is 181 cm³/mol. The third-order valence-electron chi connectivity index (χ3n) is 8.57. The number of para-hydroxylation sites is 3. The van der Waals surface area contributed by atoms with Crippen LogP contribution in [0.25, 0.3) is 84.8 Å². The van der Waals surface area contributed by atoms with Gasteiger partial charge in [0.25, 0.3) is 0 Å². The Kier molecular flexibility index (Phi) is 4.48. The number of fused-ring (bicyclic) bond motifs is 11. The van der Waals surface area contributed by atoms with Crippen molar-refractivity contribution in [3.8, 4) is 10.8 Å². The summed E-state index contributed by atoms with van der Waals surface area (Å²) < 4.78 is 8.65. The molecule has 0 aliphatic carbocycles. The Bertz CT molecular complexity index is 2650. The highest BCUT2D eigenvalue weighted by Crippen LogP contribution is 2.43. The van der Waals surface area contributed by atoms with Crippen LogP contribution in [-0.2, 0) is 0 Å². The van der Waals surface area contributed by atoms with E-state index < -0.39 is 0 Å². The second-order valence-electron chi connectivity index (χ2n) is 10.8. The molecule has 0 fully saturated rings. The lowest BCUT2D eigenvalue weighted by Gasteiger charge is -2.09. The highest BCUT2D eigenvalue weighted by atomic mass is 32.1. The molecule has 4 heterocycles. The molecule has 0 saturated heterocycles. The van der Waals surface area contributed by atoms with E-state index in [0.29, 0.717) is 0 Å². The van der Waals surface area contributed by atoms with Crippen molar-refractivity contribution in [1.82, 2.24) is 14.1 Å². The monoisotopic (exact) mass is 571 g/mol. The van der Waals surface area contributed by atoms with Gasteiger partial charge in [0.2, 0.25) is 0 Å². The number of hydrogen-bond donors (Lipinski definition) is 0. The summed E-state index contributed by atoms with van der Waals surface area (Å²) in [6.07, 6.45) is 0. The van der Waals surface area contributed by atoms with E-state index in [1.165, 1.54) is 74.2 Å². The second-order valence-corrected chi connectivity index (χ2v) is 12.9. The normalized spacial score (nSPS) is 12.3. The minimum Gasteiger partial charge on any atom is -0.309 e. The van der Waals surface area contributed by atoms with Gasteiger partial charge in [0.05, 0.1) is 32.3 Å². The summed E-state index contributed by atoms with van der Waals surface area (Å²) in [7, 11) is 0. The van der Waals surface area contributed by atoms with Crippen LogP contribution in [0.4, 0.5) is 0 Å². The Morgan fingerprint density at radius 1 is 0.452 bits per heavy atom. The third-order valence-corrected chi connectivity index (χ3v) is 10.8. The Morgan fingerprint density at radius 2 is 1.05 bits per heavy atom. The van der Waals surface area contributed by atoms with Gasteiger partial charge in [-0.3, -0.25) is 4.57 Å². The molecule has 42 heavy (non-hydrogen) atoms. The van der Waals surface area contributed by atoms with Gasteiger partial charge >= 0.3 is 0 Å². The Balaban J connectivity index is 1.26. The first-order valence-corrected chi connectivity index (χ1v) is 15.7. The SMILES string of the molecule is c1ccc2c(c1)sc1ccc3nc(-n4c5ccccc5c5cc(-n6c7ccccc7c7ccccc76)ccc54)sc3c12. The van der Waals surface area contributed by atoms with Gasteiger partial charge in [-0.05, 0) is 54.6 Å². The van der Waals surface area contributed by atoms with Gasteiger partial charge in [-0.2, -0.15) is 0 Å². The van der Waals surface area contributed by atoms with Crippen LogP contribution in [-0.4, -0.2) is 14.1 Å². The van der Waals surface area contributed by atoms with E-state index in [1.807, 2.05) is 11.3 Å². The second kappa shape index (κ2) is 8.29. The van der Waals surface area contributed by atoms with E-state index >= 15 is 0 Å². The van der Waals surface area contributed by atoms with Crippen molar-refractivity contribution in [1.29, 1.82) is 0 Å². The summed E-state index contributed by atoms with van der Waals surface area (Å²) >= 11 is 3.65. The summed E-state index contributed by atoms with van der Waals surface area (Å²) in [6.45, 7) is 0. The zero-order chi connectivity index (χ0) is 27.4. The maximum Gasteiger partial charge on any atom is 0.195 e. The molecule has 0 radical (unpaired) electrons. The summed E-state index contributed by atoms with van der Waals surface area (Å²) in [6, 6.07) is 46.1. The molecule has 10 rings (SSSR count). The van der Waals surface area contributed by atoms with Gasteiger partial charge in [-0.15, -0.1) is 11.3 Å². The minimum atomic E-state index is 1.00. The van der Waals surface area contributed by atoms with Crippen molar-refractivity contribution in [2.24, 2.45) is 0 Å². The molecule has 196 valence electrons. The number of rotatable bonds is 2. The van der Waals surface area contributed by atoms with Crippen molar-refractivity contribution in [3.63, 3.8) is 0 Å². The lowest BCUT2D eigenvalue weighted by Crippen LogP contribution is -1.95. The van der Waals surface area contributed by atoms with Crippen LogP contribution in [0.3, 0.4) is 0 Å². The maximum absolute atomic E-state index is 5.23. The Labute approximate surface area is 248 Å². The molecule has 0 N–H and O–H groups in total. The molecule has 5 heteroatoms. The Morgan fingerprint density at radius 3 is 1.79 bits per heavy atom. The van der Waals surface area contributed by atoms with Crippen molar-refractivity contribution < 1.29 is 0 Å². The maximum atomic E-state index is 5.23. The lowest BCUT2D eigenvalue weighted by molar-refractivity contribution is 1.14. The number of nitrogens with zero attached hydrogens (tertiary/aromatic N) is 3. The van der Waals surface area contributed by atoms with Crippen molar-refractivity contribution in [3.05, 3.63) is 127 Å². The van der Waals surface area contributed by atoms with Gasteiger partial charge in [0, 0.05) is 47.4 Å². The Hall–Kier alpha value is -4.97. The molecular weight excluding hydrogens is 551 g/mol. The molecule has 3 nitrogen and oxygen atoms in total. The zero-order valence-corrected chi connectivity index (χ0v) is 23.9. The van der Waals surface area contributed by atoms with Crippen molar-refractivity contribution >= 4 is 96.7 Å². The topological polar surface area (TPSA) is 22.8 Å². The van der Waals surface area contributed by atoms with Crippen LogP contribution in [0.5, 0.6) is 0 Å². The molecule has 4 aromatic heterocycles. The molecule has 0 atom stereocenters. The lowest BCUT2D eigenvalue weighted by atomic mass is 10.1. The fourth-order valence-electron chi connectivity index (χ4n) is 6.79. The number of aromatic nitrogens is 3. The van der Waals surface area contributed by atoms with E-state index in [0.717, 1.165) is 10.6 Å². The largest absolute Gasteiger partial charge is 0.309 e. The fourth-order valence-corrected chi connectivity index (χ4v) is 9.12. The van der Waals surface area contributed by atoms with Crippen LogP contribution in [0.1, 0.15) is 0 Å². The number of benzene rings is 6. The predicted octanol–water partition coefficient (Wildman–Crippen LogP) is 10.9. The van der Waals surface area contributed by atoms with Gasteiger partial charge in [-0.25, -0.2) is 4.98 Å². The van der Waals surface area contributed by atoms with Gasteiger partial charge in [0.1, 0.15) is 0 Å². The molecule has 0 aliphatic heterocycles. The number of thiazole rings is 1. The molecule has 0 bridgehead atoms. The first kappa shape index (κ1) is 22.7. The average Bonchev–Trinajstić information content (AvgIpc) is 3.79. The molecule has 0 saturated carbocycles. The summed E-state index contributed by atoms with van der Waals surface area (Å²) in [4.78, 5) is 5.23. The standard InChI is InChI=1S/C37H21N3S2/c1-5-13-29-23(9-1)24-10-2-6-14-30(24)39(29)22-17-19-32-27(21-22)25-11-3-7-15-31(25)40(32)37-38-28-18-20-34-35(36(28)42-37)26-12-4-8-16-33(26)41-34/h1-21H. The van der Waals surface area contributed by atoms with Gasteiger partial charge in [0.15, 0.2) is 5.13 Å². The number of hydrogen-bond acceptors (Lipinski definition) is 3. The molecule has 6 aromatic carbocycles. The van der Waals surface area contributed by atoms with Crippen LogP contribution in [0.2, 0.25) is 0 Å². The van der Waals surface area contributed by atoms with E-state index in [1.54, 1.807) is 11.3 Å². The molecule has 10 aromatic rings. The first-order valence-electron chi connectivity index (χ1n) is 14.1. The molecule has 0 unspecified atom stereocenters. The van der Waals surface area contributed by atoms with Crippen LogP contribution >= 0.6 is 22.7 Å². The molecular formula is C37H21N3S2. The molecule has 0 aliphatic rings. The first-order chi connectivity index (χ1) is 20.8. The quantitative estimate of drug-likeness (QED) is 0.202. The van der Waals surface area contributed by atoms with Crippen LogP contribution in [0.15, 0.2) is 127 Å². The highest BCUT2D eigenvalue weighted by Gasteiger charge is 2.19. The van der Waals surface area contributed by atoms with E-state index in [-0.39, 0.29) is 0 Å². The number of thiophene rings is 1. The van der Waals surface area contributed by atoms with E-state index in [2.05, 4.69) is 137 Å². The summed E-state index contributed by atoms with van der Waals surface area (Å²) in [5.74, 6) is 0. The summed E-state index contributed by atoms with van der Waals surface area (Å²) in [5.41, 5.74) is 7.01. The zero-order valence-electron chi connectivity index (χ0n) is 22.3. The van der Waals surface area contributed by atoms with E-state index in [4.69, 9.17) is 4.98 Å². The van der Waals surface area contributed by atoms with Crippen LogP contribution in [0, 0.1) is 0 Å². The van der Waals surface area contributed by atoms with Gasteiger partial charge in [-0.1, -0.05) is 84.1 Å². The van der Waals surface area contributed by atoms with Crippen molar-refractivity contribution in [2.75, 3.05) is 0 Å². The molecule has 0 amide bonds. The van der Waals surface area contributed by atoms with Crippen molar-refractivity contribution in [2.45, 2.75) is 0 Å². The van der Waals surface area contributed by atoms with Crippen LogP contribution < -0.4 is 0 Å². The molecule has 0 spiro atoms. The minimum absolute atomic E-state index is 1.00. The smallest absolute Gasteiger partial charge is 0.195 e. The van der Waals surface area contributed by atoms with Gasteiger partial charge < -0.3 is 4.57 Å². The van der Waals surface area contributed by atoms with E-state index in [9.17, 15) is 0 Å². The highest BCUT2D eigenvalue weighted by molar-refractivity contribution is 7.28. The average molecular weight is 572 g/mol. The summed E-state index contributed by atoms with van der Waals surface area (Å²) in [5, 5.41) is 8.66.